The fourth-order valence-electron chi connectivity index (χ4n) is 2.51. The number of nitrogens with zero attached hydrogens (tertiary/aromatic N) is 1. The predicted octanol–water partition coefficient (Wildman–Crippen LogP) is 3.43. The monoisotopic (exact) mass is 275 g/mol. The van der Waals surface area contributed by atoms with Crippen LogP contribution in [0.5, 0.6) is 0 Å². The molecule has 3 heteroatoms. The van der Waals surface area contributed by atoms with Gasteiger partial charge in [0, 0.05) is 29.7 Å². The van der Waals surface area contributed by atoms with Gasteiger partial charge in [-0.25, -0.2) is 0 Å². The van der Waals surface area contributed by atoms with Crippen LogP contribution in [0.2, 0.25) is 0 Å². The molecule has 0 spiro atoms. The van der Waals surface area contributed by atoms with Crippen LogP contribution in [0.15, 0.2) is 73.1 Å². The molecule has 0 aliphatic rings. The van der Waals surface area contributed by atoms with Crippen LogP contribution in [0.3, 0.4) is 0 Å². The van der Waals surface area contributed by atoms with Crippen molar-refractivity contribution in [1.82, 2.24) is 4.98 Å². The lowest BCUT2D eigenvalue weighted by Gasteiger charge is -2.19. The Hall–Kier alpha value is -2.81. The van der Waals surface area contributed by atoms with Gasteiger partial charge in [0.25, 0.3) is 0 Å². The van der Waals surface area contributed by atoms with Gasteiger partial charge in [-0.15, -0.1) is 0 Å². The number of nitrogens with two attached hydrogens (primary N) is 2. The van der Waals surface area contributed by atoms with Crippen LogP contribution in [0, 0.1) is 0 Å². The molecule has 4 N–H and O–H groups in total. The third-order valence-corrected chi connectivity index (χ3v) is 3.58. The fraction of sp³-hybridized carbons (Fsp3) is 0.0556. The van der Waals surface area contributed by atoms with Gasteiger partial charge in [-0.3, -0.25) is 4.98 Å². The average molecular weight is 275 g/mol. The van der Waals surface area contributed by atoms with Crippen LogP contribution in [0.25, 0.3) is 0 Å². The first kappa shape index (κ1) is 13.2. The number of pyridine rings is 1. The van der Waals surface area contributed by atoms with Crippen LogP contribution < -0.4 is 11.5 Å². The molecule has 0 aliphatic heterocycles. The average Bonchev–Trinajstić information content (AvgIpc) is 2.52. The van der Waals surface area contributed by atoms with E-state index in [1.54, 1.807) is 0 Å². The van der Waals surface area contributed by atoms with Crippen molar-refractivity contribution >= 4 is 11.4 Å². The zero-order valence-corrected chi connectivity index (χ0v) is 11.6. The zero-order chi connectivity index (χ0) is 14.7. The van der Waals surface area contributed by atoms with Crippen molar-refractivity contribution in [1.29, 1.82) is 0 Å². The van der Waals surface area contributed by atoms with Gasteiger partial charge in [0.1, 0.15) is 0 Å². The highest BCUT2D eigenvalue weighted by molar-refractivity contribution is 5.49. The number of hydrogen-bond acceptors (Lipinski definition) is 3. The maximum Gasteiger partial charge on any atom is 0.0341 e. The van der Waals surface area contributed by atoms with Crippen molar-refractivity contribution in [2.24, 2.45) is 0 Å². The Bertz CT molecular complexity index is 658. The quantitative estimate of drug-likeness (QED) is 0.720. The minimum atomic E-state index is 0.147. The summed E-state index contributed by atoms with van der Waals surface area (Å²) >= 11 is 0. The molecule has 1 aromatic heterocycles. The summed E-state index contributed by atoms with van der Waals surface area (Å²) in [5.41, 5.74) is 16.7. The van der Waals surface area contributed by atoms with Gasteiger partial charge in [-0.05, 0) is 53.1 Å². The molecule has 0 aliphatic carbocycles. The zero-order valence-electron chi connectivity index (χ0n) is 11.6. The second-order valence-corrected chi connectivity index (χ2v) is 5.05. The molecule has 0 fully saturated rings. The minimum Gasteiger partial charge on any atom is -0.399 e. The highest BCUT2D eigenvalue weighted by atomic mass is 14.6. The highest BCUT2D eigenvalue weighted by Crippen LogP contribution is 2.32. The van der Waals surface area contributed by atoms with Gasteiger partial charge >= 0.3 is 0 Å². The van der Waals surface area contributed by atoms with Gasteiger partial charge in [-0.1, -0.05) is 24.3 Å². The molecule has 0 bridgehead atoms. The van der Waals surface area contributed by atoms with Gasteiger partial charge in [-0.2, -0.15) is 0 Å². The smallest absolute Gasteiger partial charge is 0.0341 e. The summed E-state index contributed by atoms with van der Waals surface area (Å²) in [6.45, 7) is 0. The van der Waals surface area contributed by atoms with Gasteiger partial charge < -0.3 is 11.5 Å². The highest BCUT2D eigenvalue weighted by Gasteiger charge is 2.16. The summed E-state index contributed by atoms with van der Waals surface area (Å²) in [5, 5.41) is 0. The normalized spacial score (nSPS) is 10.7. The van der Waals surface area contributed by atoms with E-state index in [0.29, 0.717) is 0 Å². The van der Waals surface area contributed by atoms with Crippen molar-refractivity contribution in [3.8, 4) is 0 Å². The number of hydrogen-bond donors (Lipinski definition) is 2. The lowest BCUT2D eigenvalue weighted by molar-refractivity contribution is 0.971. The summed E-state index contributed by atoms with van der Waals surface area (Å²) in [6.07, 6.45) is 3.63. The molecule has 0 saturated heterocycles. The van der Waals surface area contributed by atoms with E-state index in [-0.39, 0.29) is 5.92 Å². The molecule has 0 atom stereocenters. The van der Waals surface area contributed by atoms with E-state index in [2.05, 4.69) is 29.2 Å². The van der Waals surface area contributed by atoms with Crippen LogP contribution >= 0.6 is 0 Å². The molecule has 3 nitrogen and oxygen atoms in total. The van der Waals surface area contributed by atoms with Crippen LogP contribution in [0.1, 0.15) is 22.6 Å². The van der Waals surface area contributed by atoms with Crippen molar-refractivity contribution in [2.75, 3.05) is 11.5 Å². The van der Waals surface area contributed by atoms with E-state index < -0.39 is 0 Å². The van der Waals surface area contributed by atoms with Crippen molar-refractivity contribution in [3.05, 3.63) is 89.7 Å². The van der Waals surface area contributed by atoms with E-state index in [0.717, 1.165) is 11.4 Å². The van der Waals surface area contributed by atoms with Crippen LogP contribution in [-0.4, -0.2) is 4.98 Å². The number of anilines is 2. The molecule has 1 heterocycles. The van der Waals surface area contributed by atoms with Crippen LogP contribution in [-0.2, 0) is 0 Å². The Labute approximate surface area is 124 Å². The van der Waals surface area contributed by atoms with Crippen molar-refractivity contribution in [2.45, 2.75) is 5.92 Å². The van der Waals surface area contributed by atoms with Gasteiger partial charge in [0.15, 0.2) is 0 Å². The Kier molecular flexibility index (Phi) is 3.56. The number of rotatable bonds is 3. The number of aromatic nitrogens is 1. The lowest BCUT2D eigenvalue weighted by atomic mass is 9.85. The Morgan fingerprint density at radius 2 is 0.952 bits per heavy atom. The van der Waals surface area contributed by atoms with E-state index in [1.807, 2.05) is 48.8 Å². The van der Waals surface area contributed by atoms with E-state index in [4.69, 9.17) is 11.5 Å². The molecule has 3 aromatic rings. The molecule has 0 radical (unpaired) electrons. The maximum absolute atomic E-state index is 5.80. The molecule has 2 aromatic carbocycles. The molecule has 3 rings (SSSR count). The minimum absolute atomic E-state index is 0.147. The third kappa shape index (κ3) is 2.87. The Morgan fingerprint density at radius 3 is 1.38 bits per heavy atom. The largest absolute Gasteiger partial charge is 0.399 e. The first-order valence-electron chi connectivity index (χ1n) is 6.85. The fourth-order valence-corrected chi connectivity index (χ4v) is 2.51. The molecular formula is C18H17N3. The standard InChI is InChI=1S/C18H17N3/c19-16-5-1-13(2-6-16)18(15-9-11-21-12-10-15)14-3-7-17(20)8-4-14/h1-12,18H,19-20H2. The second-order valence-electron chi connectivity index (χ2n) is 5.05. The van der Waals surface area contributed by atoms with Crippen molar-refractivity contribution in [3.63, 3.8) is 0 Å². The van der Waals surface area contributed by atoms with Gasteiger partial charge in [0.05, 0.1) is 0 Å². The predicted molar refractivity (Wildman–Crippen MR) is 86.9 cm³/mol. The maximum atomic E-state index is 5.80. The summed E-state index contributed by atoms with van der Waals surface area (Å²) in [5.74, 6) is 0.147. The SMILES string of the molecule is Nc1ccc(C(c2ccncc2)c2ccc(N)cc2)cc1. The summed E-state index contributed by atoms with van der Waals surface area (Å²) < 4.78 is 0. The van der Waals surface area contributed by atoms with E-state index in [1.165, 1.54) is 16.7 Å². The number of benzene rings is 2. The molecule has 0 unspecified atom stereocenters. The second kappa shape index (κ2) is 5.67. The first-order chi connectivity index (χ1) is 10.2. The van der Waals surface area contributed by atoms with E-state index in [9.17, 15) is 0 Å². The first-order valence-corrected chi connectivity index (χ1v) is 6.85. The summed E-state index contributed by atoms with van der Waals surface area (Å²) in [6, 6.07) is 20.1. The van der Waals surface area contributed by atoms with Crippen molar-refractivity contribution < 1.29 is 0 Å². The van der Waals surface area contributed by atoms with Crippen LogP contribution in [0.4, 0.5) is 11.4 Å². The lowest BCUT2D eigenvalue weighted by Crippen LogP contribution is -2.04. The van der Waals surface area contributed by atoms with Gasteiger partial charge in [0.2, 0.25) is 0 Å². The molecule has 104 valence electrons. The summed E-state index contributed by atoms with van der Waals surface area (Å²) in [4.78, 5) is 4.10. The molecular weight excluding hydrogens is 258 g/mol. The van der Waals surface area contributed by atoms with E-state index >= 15 is 0 Å². The summed E-state index contributed by atoms with van der Waals surface area (Å²) in [7, 11) is 0. The Balaban J connectivity index is 2.11. The Morgan fingerprint density at radius 1 is 0.571 bits per heavy atom. The third-order valence-electron chi connectivity index (χ3n) is 3.58. The molecule has 0 amide bonds. The molecule has 0 saturated carbocycles. The molecule has 21 heavy (non-hydrogen) atoms. The number of nitrogen functional groups attached to an aromatic ring is 2. The topological polar surface area (TPSA) is 64.9 Å².